The van der Waals surface area contributed by atoms with Gasteiger partial charge in [0.05, 0.1) is 17.2 Å². The second-order valence-electron chi connectivity index (χ2n) is 3.24. The molecule has 0 radical (unpaired) electrons. The lowest BCUT2D eigenvalue weighted by atomic mass is 10.1. The Labute approximate surface area is 96.6 Å². The van der Waals surface area contributed by atoms with Crippen molar-refractivity contribution in [3.63, 3.8) is 0 Å². The van der Waals surface area contributed by atoms with Gasteiger partial charge in [-0.05, 0) is 25.1 Å². The monoisotopic (exact) mass is 239 g/mol. The van der Waals surface area contributed by atoms with Crippen LogP contribution in [0.3, 0.4) is 0 Å². The highest BCUT2D eigenvalue weighted by molar-refractivity contribution is 5.44. The van der Waals surface area contributed by atoms with Crippen molar-refractivity contribution in [2.24, 2.45) is 0 Å². The number of ether oxygens (including phenoxy) is 1. The zero-order valence-electron chi connectivity index (χ0n) is 8.88. The number of alkyl halides is 3. The SMILES string of the molecule is C#CC(C)Oc1ccc(C(F)(F)F)c(C#N)c1. The number of nitriles is 1. The fraction of sp³-hybridized carbons (Fsp3) is 0.250. The number of nitrogens with zero attached hydrogens (tertiary/aromatic N) is 1. The van der Waals surface area contributed by atoms with E-state index in [1.165, 1.54) is 6.07 Å². The molecule has 0 aliphatic carbocycles. The summed E-state index contributed by atoms with van der Waals surface area (Å²) >= 11 is 0. The molecule has 0 spiro atoms. The highest BCUT2D eigenvalue weighted by atomic mass is 19.4. The van der Waals surface area contributed by atoms with Crippen LogP contribution in [-0.2, 0) is 6.18 Å². The second-order valence-corrected chi connectivity index (χ2v) is 3.24. The summed E-state index contributed by atoms with van der Waals surface area (Å²) in [6, 6.07) is 4.45. The van der Waals surface area contributed by atoms with Crippen LogP contribution < -0.4 is 4.74 Å². The number of terminal acetylenes is 1. The molecule has 0 amide bonds. The van der Waals surface area contributed by atoms with Crippen molar-refractivity contribution >= 4 is 0 Å². The first-order valence-electron chi connectivity index (χ1n) is 4.62. The molecule has 1 unspecified atom stereocenters. The molecule has 0 aliphatic rings. The lowest BCUT2D eigenvalue weighted by Gasteiger charge is -2.12. The smallest absolute Gasteiger partial charge is 0.417 e. The third-order valence-electron chi connectivity index (χ3n) is 1.96. The molecule has 5 heteroatoms. The van der Waals surface area contributed by atoms with Gasteiger partial charge >= 0.3 is 6.18 Å². The van der Waals surface area contributed by atoms with E-state index in [-0.39, 0.29) is 5.75 Å². The molecule has 0 bridgehead atoms. The maximum atomic E-state index is 12.5. The van der Waals surface area contributed by atoms with E-state index in [1.807, 2.05) is 0 Å². The molecule has 17 heavy (non-hydrogen) atoms. The van der Waals surface area contributed by atoms with Gasteiger partial charge in [-0.3, -0.25) is 0 Å². The number of hydrogen-bond donors (Lipinski definition) is 0. The minimum atomic E-state index is -4.55. The maximum absolute atomic E-state index is 12.5. The van der Waals surface area contributed by atoms with Crippen LogP contribution in [0.1, 0.15) is 18.1 Å². The van der Waals surface area contributed by atoms with Gasteiger partial charge in [-0.1, -0.05) is 5.92 Å². The first kappa shape index (κ1) is 12.9. The van der Waals surface area contributed by atoms with Crippen LogP contribution in [0.4, 0.5) is 13.2 Å². The van der Waals surface area contributed by atoms with Crippen LogP contribution in [0.15, 0.2) is 18.2 Å². The summed E-state index contributed by atoms with van der Waals surface area (Å²) in [6.07, 6.45) is -0.0557. The highest BCUT2D eigenvalue weighted by Crippen LogP contribution is 2.33. The highest BCUT2D eigenvalue weighted by Gasteiger charge is 2.33. The van der Waals surface area contributed by atoms with Crippen LogP contribution in [0.25, 0.3) is 0 Å². The van der Waals surface area contributed by atoms with E-state index in [9.17, 15) is 13.2 Å². The predicted molar refractivity (Wildman–Crippen MR) is 55.1 cm³/mol. The average Bonchev–Trinajstić information content (AvgIpc) is 2.27. The molecule has 88 valence electrons. The molecule has 1 atom stereocenters. The van der Waals surface area contributed by atoms with E-state index in [0.717, 1.165) is 18.2 Å². The molecule has 0 aliphatic heterocycles. The lowest BCUT2D eigenvalue weighted by Crippen LogP contribution is -2.11. The summed E-state index contributed by atoms with van der Waals surface area (Å²) in [6.45, 7) is 1.57. The van der Waals surface area contributed by atoms with Crippen LogP contribution in [-0.4, -0.2) is 6.10 Å². The molecule has 0 saturated heterocycles. The molecule has 0 heterocycles. The third-order valence-corrected chi connectivity index (χ3v) is 1.96. The fourth-order valence-corrected chi connectivity index (χ4v) is 1.17. The van der Waals surface area contributed by atoms with E-state index in [2.05, 4.69) is 5.92 Å². The third kappa shape index (κ3) is 3.15. The van der Waals surface area contributed by atoms with E-state index in [1.54, 1.807) is 6.92 Å². The molecule has 0 aromatic heterocycles. The zero-order chi connectivity index (χ0) is 13.1. The Morgan fingerprint density at radius 2 is 2.06 bits per heavy atom. The van der Waals surface area contributed by atoms with Crippen molar-refractivity contribution in [2.75, 3.05) is 0 Å². The molecule has 0 N–H and O–H groups in total. The van der Waals surface area contributed by atoms with Crippen LogP contribution in [0, 0.1) is 23.7 Å². The summed E-state index contributed by atoms with van der Waals surface area (Å²) in [7, 11) is 0. The Kier molecular flexibility index (Phi) is 3.65. The Morgan fingerprint density at radius 3 is 2.53 bits per heavy atom. The summed E-state index contributed by atoms with van der Waals surface area (Å²) in [4.78, 5) is 0. The maximum Gasteiger partial charge on any atom is 0.417 e. The number of benzene rings is 1. The average molecular weight is 239 g/mol. The Balaban J connectivity index is 3.12. The topological polar surface area (TPSA) is 33.0 Å². The Bertz CT molecular complexity index is 494. The van der Waals surface area contributed by atoms with Crippen molar-refractivity contribution in [1.29, 1.82) is 5.26 Å². The molecule has 1 rings (SSSR count). The standard InChI is InChI=1S/C12H8F3NO/c1-3-8(2)17-10-4-5-11(12(13,14)15)9(6-10)7-16/h1,4-6,8H,2H3. The minimum Gasteiger partial charge on any atom is -0.478 e. The summed E-state index contributed by atoms with van der Waals surface area (Å²) in [5, 5.41) is 8.65. The van der Waals surface area contributed by atoms with Crippen LogP contribution >= 0.6 is 0 Å². The van der Waals surface area contributed by atoms with Crippen molar-refractivity contribution in [2.45, 2.75) is 19.2 Å². The van der Waals surface area contributed by atoms with Gasteiger partial charge in [0.15, 0.2) is 6.10 Å². The van der Waals surface area contributed by atoms with Gasteiger partial charge in [0.2, 0.25) is 0 Å². The zero-order valence-corrected chi connectivity index (χ0v) is 8.88. The Hall–Kier alpha value is -2.14. The molecule has 1 aromatic rings. The van der Waals surface area contributed by atoms with E-state index >= 15 is 0 Å². The minimum absolute atomic E-state index is 0.139. The quantitative estimate of drug-likeness (QED) is 0.743. The largest absolute Gasteiger partial charge is 0.478 e. The lowest BCUT2D eigenvalue weighted by molar-refractivity contribution is -0.137. The normalized spacial score (nSPS) is 12.4. The first-order chi connectivity index (χ1) is 7.88. The van der Waals surface area contributed by atoms with Gasteiger partial charge < -0.3 is 4.74 Å². The molecule has 0 fully saturated rings. The van der Waals surface area contributed by atoms with E-state index in [0.29, 0.717) is 0 Å². The molecular weight excluding hydrogens is 231 g/mol. The first-order valence-corrected chi connectivity index (χ1v) is 4.62. The van der Waals surface area contributed by atoms with Gasteiger partial charge in [-0.15, -0.1) is 6.42 Å². The molecule has 1 aromatic carbocycles. The van der Waals surface area contributed by atoms with Crippen molar-refractivity contribution in [1.82, 2.24) is 0 Å². The van der Waals surface area contributed by atoms with E-state index in [4.69, 9.17) is 16.4 Å². The predicted octanol–water partition coefficient (Wildman–Crippen LogP) is 2.98. The van der Waals surface area contributed by atoms with Crippen molar-refractivity contribution in [3.8, 4) is 24.2 Å². The van der Waals surface area contributed by atoms with Crippen molar-refractivity contribution in [3.05, 3.63) is 29.3 Å². The molecular formula is C12H8F3NO. The van der Waals surface area contributed by atoms with Crippen molar-refractivity contribution < 1.29 is 17.9 Å². The molecule has 0 saturated carbocycles. The van der Waals surface area contributed by atoms with Gasteiger partial charge in [0, 0.05) is 0 Å². The Morgan fingerprint density at radius 1 is 1.41 bits per heavy atom. The van der Waals surface area contributed by atoms with Gasteiger partial charge in [0.25, 0.3) is 0 Å². The van der Waals surface area contributed by atoms with Gasteiger partial charge in [-0.25, -0.2) is 0 Å². The van der Waals surface area contributed by atoms with Gasteiger partial charge in [0.1, 0.15) is 5.75 Å². The number of halogens is 3. The number of hydrogen-bond acceptors (Lipinski definition) is 2. The molecule has 2 nitrogen and oxygen atoms in total. The second kappa shape index (κ2) is 4.80. The van der Waals surface area contributed by atoms with Crippen LogP contribution in [0.2, 0.25) is 0 Å². The van der Waals surface area contributed by atoms with Crippen LogP contribution in [0.5, 0.6) is 5.75 Å². The van der Waals surface area contributed by atoms with Gasteiger partial charge in [-0.2, -0.15) is 18.4 Å². The number of rotatable bonds is 2. The van der Waals surface area contributed by atoms with E-state index < -0.39 is 23.4 Å². The summed E-state index contributed by atoms with van der Waals surface area (Å²) in [5.41, 5.74) is -1.47. The summed E-state index contributed by atoms with van der Waals surface area (Å²) in [5.74, 6) is 2.41. The summed E-state index contributed by atoms with van der Waals surface area (Å²) < 4.78 is 42.5. The fourth-order valence-electron chi connectivity index (χ4n) is 1.17.